The lowest BCUT2D eigenvalue weighted by Gasteiger charge is -2.41. The van der Waals surface area contributed by atoms with Gasteiger partial charge in [0.15, 0.2) is 0 Å². The van der Waals surface area contributed by atoms with Crippen molar-refractivity contribution >= 4 is 0 Å². The van der Waals surface area contributed by atoms with Crippen molar-refractivity contribution in [1.82, 2.24) is 10.2 Å². The average Bonchev–Trinajstić information content (AvgIpc) is 2.38. The van der Waals surface area contributed by atoms with E-state index in [4.69, 9.17) is 0 Å². The zero-order valence-corrected chi connectivity index (χ0v) is 12.5. The van der Waals surface area contributed by atoms with Gasteiger partial charge in [-0.1, -0.05) is 13.8 Å². The second-order valence-corrected chi connectivity index (χ2v) is 6.77. The summed E-state index contributed by atoms with van der Waals surface area (Å²) in [5.41, 5.74) is 0. The second-order valence-electron chi connectivity index (χ2n) is 6.77. The maximum Gasteiger partial charge on any atom is 0.391 e. The molecule has 1 atom stereocenters. The van der Waals surface area contributed by atoms with Crippen LogP contribution >= 0.6 is 0 Å². The van der Waals surface area contributed by atoms with E-state index in [1.165, 1.54) is 0 Å². The molecule has 0 aromatic rings. The van der Waals surface area contributed by atoms with E-state index in [1.54, 1.807) is 0 Å². The number of alkyl halides is 3. The Balaban J connectivity index is 1.82. The van der Waals surface area contributed by atoms with Crippen molar-refractivity contribution in [2.24, 2.45) is 17.8 Å². The molecule has 1 aliphatic carbocycles. The average molecular weight is 292 g/mol. The monoisotopic (exact) mass is 292 g/mol. The van der Waals surface area contributed by atoms with Gasteiger partial charge in [-0.2, -0.15) is 13.2 Å². The molecule has 0 unspecified atom stereocenters. The zero-order valence-electron chi connectivity index (χ0n) is 12.5. The van der Waals surface area contributed by atoms with Crippen LogP contribution in [0.2, 0.25) is 0 Å². The van der Waals surface area contributed by atoms with Gasteiger partial charge < -0.3 is 5.32 Å². The summed E-state index contributed by atoms with van der Waals surface area (Å²) in [6, 6.07) is 0.532. The maximum absolute atomic E-state index is 12.7. The fourth-order valence-corrected chi connectivity index (χ4v) is 3.66. The van der Waals surface area contributed by atoms with Crippen LogP contribution in [0.25, 0.3) is 0 Å². The Morgan fingerprint density at radius 2 is 1.80 bits per heavy atom. The molecule has 1 N–H and O–H groups in total. The lowest BCUT2D eigenvalue weighted by Crippen LogP contribution is -2.54. The van der Waals surface area contributed by atoms with Gasteiger partial charge in [-0.15, -0.1) is 0 Å². The molecule has 0 aromatic carbocycles. The lowest BCUT2D eigenvalue weighted by molar-refractivity contribution is -0.184. The van der Waals surface area contributed by atoms with Crippen molar-refractivity contribution in [2.45, 2.75) is 51.7 Å². The molecule has 0 amide bonds. The minimum absolute atomic E-state index is 0.326. The number of piperazine rings is 1. The third-order valence-corrected chi connectivity index (χ3v) is 4.97. The summed E-state index contributed by atoms with van der Waals surface area (Å²) in [6.45, 7) is 8.48. The van der Waals surface area contributed by atoms with Crippen molar-refractivity contribution in [3.05, 3.63) is 0 Å². The Morgan fingerprint density at radius 1 is 1.15 bits per heavy atom. The number of nitrogens with one attached hydrogen (secondary N) is 1. The summed E-state index contributed by atoms with van der Waals surface area (Å²) in [7, 11) is 0. The summed E-state index contributed by atoms with van der Waals surface area (Å²) < 4.78 is 38.0. The first-order chi connectivity index (χ1) is 9.38. The highest BCUT2D eigenvalue weighted by atomic mass is 19.4. The number of rotatable bonds is 3. The van der Waals surface area contributed by atoms with Gasteiger partial charge in [-0.05, 0) is 37.5 Å². The third-order valence-electron chi connectivity index (χ3n) is 4.97. The predicted molar refractivity (Wildman–Crippen MR) is 74.6 cm³/mol. The van der Waals surface area contributed by atoms with Crippen molar-refractivity contribution in [3.8, 4) is 0 Å². The maximum atomic E-state index is 12.7. The molecule has 0 aromatic heterocycles. The molecule has 1 heterocycles. The van der Waals surface area contributed by atoms with Crippen LogP contribution in [0.1, 0.15) is 39.5 Å². The summed E-state index contributed by atoms with van der Waals surface area (Å²) in [4.78, 5) is 2.50. The van der Waals surface area contributed by atoms with Crippen LogP contribution in [0.3, 0.4) is 0 Å². The highest BCUT2D eigenvalue weighted by molar-refractivity contribution is 4.85. The molecule has 0 radical (unpaired) electrons. The Hall–Kier alpha value is -0.290. The van der Waals surface area contributed by atoms with Gasteiger partial charge in [0.05, 0.1) is 5.92 Å². The van der Waals surface area contributed by atoms with Crippen LogP contribution in [0.15, 0.2) is 0 Å². The molecule has 2 nitrogen and oxygen atoms in total. The molecule has 1 aliphatic heterocycles. The fraction of sp³-hybridized carbons (Fsp3) is 1.00. The van der Waals surface area contributed by atoms with E-state index in [1.807, 2.05) is 0 Å². The number of hydrogen-bond acceptors (Lipinski definition) is 2. The van der Waals surface area contributed by atoms with Gasteiger partial charge in [-0.25, -0.2) is 0 Å². The number of nitrogens with zero attached hydrogens (tertiary/aromatic N) is 1. The normalized spacial score (nSPS) is 33.6. The summed E-state index contributed by atoms with van der Waals surface area (Å²) in [5, 5.41) is 3.42. The molecule has 2 fully saturated rings. The minimum Gasteiger partial charge on any atom is -0.314 e. The molecule has 20 heavy (non-hydrogen) atoms. The van der Waals surface area contributed by atoms with Crippen LogP contribution in [0.5, 0.6) is 0 Å². The Bertz CT molecular complexity index is 296. The van der Waals surface area contributed by atoms with Gasteiger partial charge in [0.2, 0.25) is 0 Å². The Kier molecular flexibility index (Phi) is 5.35. The van der Waals surface area contributed by atoms with Crippen LogP contribution < -0.4 is 5.32 Å². The van der Waals surface area contributed by atoms with E-state index in [9.17, 15) is 13.2 Å². The quantitative estimate of drug-likeness (QED) is 0.859. The highest BCUT2D eigenvalue weighted by Gasteiger charge is 2.41. The summed E-state index contributed by atoms with van der Waals surface area (Å²) in [5.74, 6) is -0.00932. The van der Waals surface area contributed by atoms with E-state index >= 15 is 0 Å². The molecule has 0 spiro atoms. The number of hydrogen-bond donors (Lipinski definition) is 1. The molecule has 1 saturated carbocycles. The van der Waals surface area contributed by atoms with Crippen molar-refractivity contribution in [3.63, 3.8) is 0 Å². The fourth-order valence-electron chi connectivity index (χ4n) is 3.66. The molecule has 2 aliphatic rings. The third kappa shape index (κ3) is 4.10. The number of halogens is 3. The Morgan fingerprint density at radius 3 is 2.35 bits per heavy atom. The van der Waals surface area contributed by atoms with Gasteiger partial charge in [-0.3, -0.25) is 4.90 Å². The van der Waals surface area contributed by atoms with E-state index in [2.05, 4.69) is 24.1 Å². The molecule has 2 rings (SSSR count). The van der Waals surface area contributed by atoms with Gasteiger partial charge >= 0.3 is 6.18 Å². The predicted octanol–water partition coefficient (Wildman–Crippen LogP) is 3.28. The first-order valence-corrected chi connectivity index (χ1v) is 7.89. The molecule has 118 valence electrons. The van der Waals surface area contributed by atoms with Crippen molar-refractivity contribution in [2.75, 3.05) is 26.2 Å². The largest absolute Gasteiger partial charge is 0.391 e. The zero-order chi connectivity index (χ0) is 14.8. The van der Waals surface area contributed by atoms with Crippen LogP contribution in [-0.2, 0) is 0 Å². The van der Waals surface area contributed by atoms with Gasteiger partial charge in [0, 0.05) is 32.2 Å². The topological polar surface area (TPSA) is 15.3 Å². The molecular weight excluding hydrogens is 265 g/mol. The Labute approximate surface area is 120 Å². The van der Waals surface area contributed by atoms with E-state index in [-0.39, 0.29) is 0 Å². The molecular formula is C15H27F3N2. The van der Waals surface area contributed by atoms with Crippen molar-refractivity contribution < 1.29 is 13.2 Å². The SMILES string of the molecule is CC(C)[C@H]1CNCCN1CC1CCC(C(F)(F)F)CC1. The lowest BCUT2D eigenvalue weighted by atomic mass is 9.81. The van der Waals surface area contributed by atoms with Crippen LogP contribution in [0.4, 0.5) is 13.2 Å². The minimum atomic E-state index is -3.99. The first kappa shape index (κ1) is 16.1. The van der Waals surface area contributed by atoms with E-state index in [0.717, 1.165) is 39.0 Å². The molecule has 0 bridgehead atoms. The highest BCUT2D eigenvalue weighted by Crippen LogP contribution is 2.39. The van der Waals surface area contributed by atoms with Gasteiger partial charge in [0.1, 0.15) is 0 Å². The summed E-state index contributed by atoms with van der Waals surface area (Å²) in [6.07, 6.45) is -1.86. The van der Waals surface area contributed by atoms with Crippen LogP contribution in [0, 0.1) is 17.8 Å². The molecule has 1 saturated heterocycles. The smallest absolute Gasteiger partial charge is 0.314 e. The summed E-state index contributed by atoms with van der Waals surface area (Å²) >= 11 is 0. The van der Waals surface area contributed by atoms with E-state index in [0.29, 0.717) is 30.7 Å². The molecule has 5 heteroatoms. The first-order valence-electron chi connectivity index (χ1n) is 7.89. The van der Waals surface area contributed by atoms with Gasteiger partial charge in [0.25, 0.3) is 0 Å². The standard InChI is InChI=1S/C15H27F3N2/c1-11(2)14-9-19-7-8-20(14)10-12-3-5-13(6-4-12)15(16,17)18/h11-14,19H,3-10H2,1-2H3/t12?,13?,14-/m1/s1. The van der Waals surface area contributed by atoms with Crippen molar-refractivity contribution in [1.29, 1.82) is 0 Å². The van der Waals surface area contributed by atoms with E-state index < -0.39 is 12.1 Å². The second kappa shape index (κ2) is 6.65. The van der Waals surface area contributed by atoms with Crippen LogP contribution in [-0.4, -0.2) is 43.3 Å².